The topological polar surface area (TPSA) is 64.6 Å². The summed E-state index contributed by atoms with van der Waals surface area (Å²) in [6.45, 7) is 3.57. The lowest BCUT2D eigenvalue weighted by atomic mass is 10.1. The van der Waals surface area contributed by atoms with Crippen LogP contribution in [0, 0.1) is 5.92 Å². The molecule has 2 unspecified atom stereocenters. The zero-order valence-corrected chi connectivity index (χ0v) is 12.1. The second-order valence-corrected chi connectivity index (χ2v) is 5.35. The van der Waals surface area contributed by atoms with E-state index >= 15 is 0 Å². The van der Waals surface area contributed by atoms with Crippen molar-refractivity contribution in [3.05, 3.63) is 29.8 Å². The lowest BCUT2D eigenvalue weighted by Crippen LogP contribution is -2.33. The lowest BCUT2D eigenvalue weighted by molar-refractivity contribution is 0.209. The van der Waals surface area contributed by atoms with Gasteiger partial charge in [-0.25, -0.2) is 4.79 Å². The summed E-state index contributed by atoms with van der Waals surface area (Å²) in [6.07, 6.45) is 0.876. The second kappa shape index (κ2) is 6.72. The molecule has 20 heavy (non-hydrogen) atoms. The van der Waals surface area contributed by atoms with Crippen molar-refractivity contribution >= 4 is 11.7 Å². The van der Waals surface area contributed by atoms with Gasteiger partial charge in [-0.3, -0.25) is 0 Å². The quantitative estimate of drug-likeness (QED) is 0.786. The molecule has 0 aliphatic carbocycles. The van der Waals surface area contributed by atoms with E-state index in [-0.39, 0.29) is 24.6 Å². The van der Waals surface area contributed by atoms with Gasteiger partial charge in [-0.2, -0.15) is 0 Å². The van der Waals surface area contributed by atoms with Crippen molar-refractivity contribution in [3.63, 3.8) is 0 Å². The molecule has 0 saturated carbocycles. The highest BCUT2D eigenvalue weighted by Gasteiger charge is 2.25. The van der Waals surface area contributed by atoms with Crippen LogP contribution in [0.5, 0.6) is 0 Å². The number of urea groups is 1. The summed E-state index contributed by atoms with van der Waals surface area (Å²) in [7, 11) is 1.91. The Labute approximate surface area is 120 Å². The standard InChI is InChI=1S/C15H23N3O2/c1-11(16-2)13-4-3-5-14(8-13)17-15(20)18-7-6-12(9-18)10-19/h3-5,8,11-12,16,19H,6-7,9-10H2,1-2H3,(H,17,20). The van der Waals surface area contributed by atoms with Gasteiger partial charge in [0.05, 0.1) is 0 Å². The van der Waals surface area contributed by atoms with Crippen molar-refractivity contribution in [2.45, 2.75) is 19.4 Å². The molecule has 1 fully saturated rings. The second-order valence-electron chi connectivity index (χ2n) is 5.35. The molecule has 1 aliphatic heterocycles. The number of anilines is 1. The van der Waals surface area contributed by atoms with Crippen molar-refractivity contribution < 1.29 is 9.90 Å². The summed E-state index contributed by atoms with van der Waals surface area (Å²) in [6, 6.07) is 8.02. The van der Waals surface area contributed by atoms with E-state index in [4.69, 9.17) is 5.11 Å². The normalized spacial score (nSPS) is 19.9. The van der Waals surface area contributed by atoms with Gasteiger partial charge in [0.2, 0.25) is 0 Å². The van der Waals surface area contributed by atoms with Gasteiger partial charge in [-0.1, -0.05) is 12.1 Å². The van der Waals surface area contributed by atoms with Crippen LogP contribution in [0.3, 0.4) is 0 Å². The molecular weight excluding hydrogens is 254 g/mol. The molecule has 1 aliphatic rings. The van der Waals surface area contributed by atoms with E-state index in [1.165, 1.54) is 0 Å². The Morgan fingerprint density at radius 2 is 2.35 bits per heavy atom. The molecule has 0 bridgehead atoms. The fraction of sp³-hybridized carbons (Fsp3) is 0.533. The van der Waals surface area contributed by atoms with Crippen LogP contribution in [-0.2, 0) is 0 Å². The number of carbonyl (C=O) groups excluding carboxylic acids is 1. The number of hydrogen-bond acceptors (Lipinski definition) is 3. The number of aliphatic hydroxyl groups is 1. The predicted octanol–water partition coefficient (Wildman–Crippen LogP) is 1.81. The molecule has 5 heteroatoms. The van der Waals surface area contributed by atoms with Crippen LogP contribution in [0.15, 0.2) is 24.3 Å². The Kier molecular flexibility index (Phi) is 4.98. The minimum atomic E-state index is -0.0878. The highest BCUT2D eigenvalue weighted by molar-refractivity contribution is 5.89. The number of carbonyl (C=O) groups is 1. The Balaban J connectivity index is 1.98. The van der Waals surface area contributed by atoms with Gasteiger partial charge < -0.3 is 20.6 Å². The average Bonchev–Trinajstić information content (AvgIpc) is 2.95. The van der Waals surface area contributed by atoms with Crippen LogP contribution >= 0.6 is 0 Å². The third-order valence-electron chi connectivity index (χ3n) is 3.90. The maximum Gasteiger partial charge on any atom is 0.321 e. The van der Waals surface area contributed by atoms with E-state index in [0.29, 0.717) is 13.1 Å². The molecule has 3 N–H and O–H groups in total. The van der Waals surface area contributed by atoms with Gasteiger partial charge in [0.1, 0.15) is 0 Å². The van der Waals surface area contributed by atoms with E-state index in [9.17, 15) is 4.79 Å². The van der Waals surface area contributed by atoms with E-state index in [1.807, 2.05) is 31.3 Å². The highest BCUT2D eigenvalue weighted by Crippen LogP contribution is 2.19. The molecule has 2 rings (SSSR count). The first-order valence-corrected chi connectivity index (χ1v) is 7.08. The van der Waals surface area contributed by atoms with E-state index in [0.717, 1.165) is 17.7 Å². The molecule has 0 spiro atoms. The van der Waals surface area contributed by atoms with Crippen molar-refractivity contribution in [2.24, 2.45) is 5.92 Å². The minimum absolute atomic E-state index is 0.0878. The van der Waals surface area contributed by atoms with Gasteiger partial charge in [0.15, 0.2) is 0 Å². The zero-order valence-electron chi connectivity index (χ0n) is 12.1. The number of amides is 2. The third kappa shape index (κ3) is 3.49. The first kappa shape index (κ1) is 14.8. The van der Waals surface area contributed by atoms with E-state index in [1.54, 1.807) is 4.90 Å². The van der Waals surface area contributed by atoms with Crippen molar-refractivity contribution in [2.75, 3.05) is 32.1 Å². The first-order chi connectivity index (χ1) is 9.63. The van der Waals surface area contributed by atoms with Crippen LogP contribution in [-0.4, -0.2) is 42.8 Å². The molecule has 5 nitrogen and oxygen atoms in total. The summed E-state index contributed by atoms with van der Waals surface area (Å²) in [5, 5.41) is 15.2. The van der Waals surface area contributed by atoms with Crippen LogP contribution in [0.2, 0.25) is 0 Å². The molecule has 2 atom stereocenters. The zero-order chi connectivity index (χ0) is 14.5. The van der Waals surface area contributed by atoms with E-state index < -0.39 is 0 Å². The monoisotopic (exact) mass is 277 g/mol. The SMILES string of the molecule is CNC(C)c1cccc(NC(=O)N2CCC(CO)C2)c1. The number of benzene rings is 1. The van der Waals surface area contributed by atoms with Gasteiger partial charge in [0, 0.05) is 37.3 Å². The number of nitrogens with zero attached hydrogens (tertiary/aromatic N) is 1. The van der Waals surface area contributed by atoms with Crippen molar-refractivity contribution in [1.82, 2.24) is 10.2 Å². The predicted molar refractivity (Wildman–Crippen MR) is 79.7 cm³/mol. The highest BCUT2D eigenvalue weighted by atomic mass is 16.3. The number of hydrogen-bond donors (Lipinski definition) is 3. The molecular formula is C15H23N3O2. The minimum Gasteiger partial charge on any atom is -0.396 e. The smallest absolute Gasteiger partial charge is 0.321 e. The Hall–Kier alpha value is -1.59. The number of rotatable bonds is 4. The van der Waals surface area contributed by atoms with Crippen molar-refractivity contribution in [1.29, 1.82) is 0 Å². The van der Waals surface area contributed by atoms with Crippen LogP contribution < -0.4 is 10.6 Å². The summed E-state index contributed by atoms with van der Waals surface area (Å²) in [4.78, 5) is 13.9. The molecule has 110 valence electrons. The van der Waals surface area contributed by atoms with Crippen LogP contribution in [0.25, 0.3) is 0 Å². The van der Waals surface area contributed by atoms with Gasteiger partial charge in [0.25, 0.3) is 0 Å². The van der Waals surface area contributed by atoms with Crippen molar-refractivity contribution in [3.8, 4) is 0 Å². The first-order valence-electron chi connectivity index (χ1n) is 7.08. The van der Waals surface area contributed by atoms with Crippen LogP contribution in [0.1, 0.15) is 24.9 Å². The molecule has 2 amide bonds. The Morgan fingerprint density at radius 3 is 3.00 bits per heavy atom. The molecule has 0 radical (unpaired) electrons. The molecule has 1 saturated heterocycles. The third-order valence-corrected chi connectivity index (χ3v) is 3.90. The number of likely N-dealkylation sites (tertiary alicyclic amines) is 1. The average molecular weight is 277 g/mol. The fourth-order valence-corrected chi connectivity index (χ4v) is 2.42. The molecule has 1 aromatic rings. The van der Waals surface area contributed by atoms with Gasteiger partial charge in [-0.15, -0.1) is 0 Å². The molecule has 1 aromatic carbocycles. The maximum absolute atomic E-state index is 12.1. The molecule has 1 heterocycles. The number of nitrogens with one attached hydrogen (secondary N) is 2. The summed E-state index contributed by atoms with van der Waals surface area (Å²) in [5.41, 5.74) is 1.95. The Morgan fingerprint density at radius 1 is 1.55 bits per heavy atom. The fourth-order valence-electron chi connectivity index (χ4n) is 2.42. The summed E-state index contributed by atoms with van der Waals surface area (Å²) >= 11 is 0. The Bertz CT molecular complexity index is 464. The largest absolute Gasteiger partial charge is 0.396 e. The van der Waals surface area contributed by atoms with Crippen LogP contribution in [0.4, 0.5) is 10.5 Å². The number of aliphatic hydroxyl groups excluding tert-OH is 1. The molecule has 0 aromatic heterocycles. The van der Waals surface area contributed by atoms with Gasteiger partial charge in [-0.05, 0) is 38.1 Å². The lowest BCUT2D eigenvalue weighted by Gasteiger charge is -2.18. The van der Waals surface area contributed by atoms with Gasteiger partial charge >= 0.3 is 6.03 Å². The van der Waals surface area contributed by atoms with E-state index in [2.05, 4.69) is 17.6 Å². The maximum atomic E-state index is 12.1. The summed E-state index contributed by atoms with van der Waals surface area (Å²) < 4.78 is 0. The summed E-state index contributed by atoms with van der Waals surface area (Å²) in [5.74, 6) is 0.219.